The number of unbranched alkanes of at least 4 members (excludes halogenated alkanes) is 1. The Kier molecular flexibility index (Phi) is 6.15. The second-order valence-electron chi connectivity index (χ2n) is 6.89. The monoisotopic (exact) mass is 412 g/mol. The quantitative estimate of drug-likeness (QED) is 0.493. The van der Waals surface area contributed by atoms with Crippen LogP contribution in [0, 0.1) is 0 Å². The molecule has 1 fully saturated rings. The van der Waals surface area contributed by atoms with E-state index in [0.29, 0.717) is 11.3 Å². The van der Waals surface area contributed by atoms with E-state index in [2.05, 4.69) is 25.6 Å². The molecule has 29 heavy (non-hydrogen) atoms. The lowest BCUT2D eigenvalue weighted by Gasteiger charge is -2.24. The zero-order valence-corrected chi connectivity index (χ0v) is 16.4. The van der Waals surface area contributed by atoms with Crippen LogP contribution in [0.3, 0.4) is 0 Å². The molecule has 160 valence electrons. The average molecular weight is 412 g/mol. The summed E-state index contributed by atoms with van der Waals surface area (Å²) in [7, 11) is 1.61. The fraction of sp³-hybridized carbons (Fsp3) is 0.647. The van der Waals surface area contributed by atoms with Gasteiger partial charge in [-0.1, -0.05) is 13.3 Å². The van der Waals surface area contributed by atoms with Gasteiger partial charge in [0.15, 0.2) is 28.9 Å². The number of hydrogen-bond acceptors (Lipinski definition) is 9. The van der Waals surface area contributed by atoms with Crippen LogP contribution in [-0.4, -0.2) is 74.0 Å². The van der Waals surface area contributed by atoms with Gasteiger partial charge in [0.1, 0.15) is 12.2 Å². The summed E-state index contributed by atoms with van der Waals surface area (Å²) in [6.07, 6.45) is -1.72. The summed E-state index contributed by atoms with van der Waals surface area (Å²) in [5.41, 5.74) is -1.72. The molecule has 0 unspecified atom stereocenters. The zero-order chi connectivity index (χ0) is 21.2. The lowest BCUT2D eigenvalue weighted by Crippen LogP contribution is -2.40. The Balaban J connectivity index is 1.95. The van der Waals surface area contributed by atoms with Crippen LogP contribution in [0.15, 0.2) is 6.33 Å². The van der Waals surface area contributed by atoms with Gasteiger partial charge < -0.3 is 25.0 Å². The minimum absolute atomic E-state index is 0.0667. The normalized spacial score (nSPS) is 26.6. The zero-order valence-electron chi connectivity index (χ0n) is 16.4. The number of aliphatic hydroxyl groups excluding tert-OH is 2. The van der Waals surface area contributed by atoms with E-state index >= 15 is 4.39 Å². The van der Waals surface area contributed by atoms with Crippen LogP contribution in [0.2, 0.25) is 0 Å². The second-order valence-corrected chi connectivity index (χ2v) is 6.89. The van der Waals surface area contributed by atoms with Crippen molar-refractivity contribution in [2.24, 2.45) is 0 Å². The standard InChI is InChI=1S/C17H25FN6O5/c1-4-5-6-28-16(27)23-15-21-12(19-3)10-13(22-15)24(8-20-10)14-17(2,18)11(26)9(7-25)29-14/h8-9,11,14,25-26H,4-7H2,1-3H3,(H2,19,21,22,23,27)/t9-,11-,14-,17-/m1/s1. The van der Waals surface area contributed by atoms with Gasteiger partial charge in [0.25, 0.3) is 0 Å². The maximum atomic E-state index is 15.2. The molecule has 3 rings (SSSR count). The summed E-state index contributed by atoms with van der Waals surface area (Å²) < 4.78 is 27.0. The number of alkyl halides is 1. The molecule has 4 N–H and O–H groups in total. The Hall–Kier alpha value is -2.57. The number of anilines is 2. The van der Waals surface area contributed by atoms with Crippen molar-refractivity contribution in [3.8, 4) is 0 Å². The van der Waals surface area contributed by atoms with E-state index in [9.17, 15) is 15.0 Å². The third kappa shape index (κ3) is 3.95. The molecule has 0 aromatic carbocycles. The van der Waals surface area contributed by atoms with E-state index in [1.54, 1.807) is 7.05 Å². The largest absolute Gasteiger partial charge is 0.449 e. The smallest absolute Gasteiger partial charge is 0.414 e. The molecular formula is C17H25FN6O5. The van der Waals surface area contributed by atoms with Gasteiger partial charge in [0.2, 0.25) is 5.95 Å². The molecule has 0 spiro atoms. The molecule has 3 heterocycles. The van der Waals surface area contributed by atoms with Gasteiger partial charge in [-0.3, -0.25) is 9.88 Å². The summed E-state index contributed by atoms with van der Waals surface area (Å²) in [6.45, 7) is 2.86. The van der Waals surface area contributed by atoms with Crippen molar-refractivity contribution in [2.45, 2.75) is 50.8 Å². The topological polar surface area (TPSA) is 144 Å². The van der Waals surface area contributed by atoms with Gasteiger partial charge >= 0.3 is 6.09 Å². The van der Waals surface area contributed by atoms with Crippen LogP contribution in [-0.2, 0) is 9.47 Å². The van der Waals surface area contributed by atoms with Crippen molar-refractivity contribution < 1.29 is 28.9 Å². The molecule has 2 aromatic rings. The lowest BCUT2D eigenvalue weighted by molar-refractivity contribution is -0.0566. The third-order valence-electron chi connectivity index (χ3n) is 4.75. The molecule has 0 saturated carbocycles. The molecule has 0 aliphatic carbocycles. The maximum Gasteiger partial charge on any atom is 0.414 e. The number of imidazole rings is 1. The van der Waals surface area contributed by atoms with Crippen molar-refractivity contribution in [1.82, 2.24) is 19.5 Å². The van der Waals surface area contributed by atoms with Crippen molar-refractivity contribution >= 4 is 29.0 Å². The maximum absolute atomic E-state index is 15.2. The van der Waals surface area contributed by atoms with Crippen molar-refractivity contribution in [1.29, 1.82) is 0 Å². The Morgan fingerprint density at radius 3 is 2.86 bits per heavy atom. The minimum Gasteiger partial charge on any atom is -0.449 e. The number of nitrogens with zero attached hydrogens (tertiary/aromatic N) is 4. The number of nitrogens with one attached hydrogen (secondary N) is 2. The minimum atomic E-state index is -2.21. The Morgan fingerprint density at radius 2 is 2.24 bits per heavy atom. The number of hydrogen-bond donors (Lipinski definition) is 4. The molecule has 1 amide bonds. The highest BCUT2D eigenvalue weighted by Gasteiger charge is 2.55. The summed E-state index contributed by atoms with van der Waals surface area (Å²) in [5.74, 6) is 0.235. The molecule has 12 heteroatoms. The Morgan fingerprint density at radius 1 is 1.48 bits per heavy atom. The van der Waals surface area contributed by atoms with E-state index < -0.39 is 36.8 Å². The molecule has 0 radical (unpaired) electrons. The number of carbonyl (C=O) groups excluding carboxylic acids is 1. The predicted octanol–water partition coefficient (Wildman–Crippen LogP) is 1.20. The number of aromatic nitrogens is 4. The molecule has 1 aliphatic rings. The van der Waals surface area contributed by atoms with Gasteiger partial charge in [-0.25, -0.2) is 14.2 Å². The highest BCUT2D eigenvalue weighted by atomic mass is 19.1. The first-order valence-electron chi connectivity index (χ1n) is 9.32. The first-order chi connectivity index (χ1) is 13.8. The van der Waals surface area contributed by atoms with Crippen LogP contribution >= 0.6 is 0 Å². The van der Waals surface area contributed by atoms with Crippen molar-refractivity contribution in [2.75, 3.05) is 30.9 Å². The molecule has 4 atom stereocenters. The number of ether oxygens (including phenoxy) is 2. The van der Waals surface area contributed by atoms with Crippen LogP contribution < -0.4 is 10.6 Å². The third-order valence-corrected chi connectivity index (χ3v) is 4.75. The van der Waals surface area contributed by atoms with Crippen LogP contribution in [0.5, 0.6) is 0 Å². The van der Waals surface area contributed by atoms with Gasteiger partial charge in [-0.15, -0.1) is 0 Å². The number of fused-ring (bicyclic) bond motifs is 1. The summed E-state index contributed by atoms with van der Waals surface area (Å²) in [5, 5.41) is 24.7. The number of amides is 1. The van der Waals surface area contributed by atoms with E-state index in [0.717, 1.165) is 12.8 Å². The lowest BCUT2D eigenvalue weighted by atomic mass is 9.98. The van der Waals surface area contributed by atoms with Gasteiger partial charge in [0, 0.05) is 7.05 Å². The van der Waals surface area contributed by atoms with Gasteiger partial charge in [0.05, 0.1) is 19.5 Å². The first kappa shape index (κ1) is 21.1. The van der Waals surface area contributed by atoms with E-state index in [1.165, 1.54) is 17.8 Å². The van der Waals surface area contributed by atoms with E-state index in [-0.39, 0.29) is 18.2 Å². The number of carbonyl (C=O) groups is 1. The average Bonchev–Trinajstić information content (AvgIpc) is 3.20. The highest BCUT2D eigenvalue weighted by Crippen LogP contribution is 2.42. The molecule has 0 bridgehead atoms. The molecule has 1 aliphatic heterocycles. The number of halogens is 1. The fourth-order valence-corrected chi connectivity index (χ4v) is 3.12. The number of rotatable bonds is 7. The predicted molar refractivity (Wildman–Crippen MR) is 101 cm³/mol. The van der Waals surface area contributed by atoms with E-state index in [4.69, 9.17) is 9.47 Å². The van der Waals surface area contributed by atoms with Crippen molar-refractivity contribution in [3.05, 3.63) is 6.33 Å². The van der Waals surface area contributed by atoms with Crippen molar-refractivity contribution in [3.63, 3.8) is 0 Å². The van der Waals surface area contributed by atoms with E-state index in [1.807, 2.05) is 6.92 Å². The van der Waals surface area contributed by atoms with Gasteiger partial charge in [-0.05, 0) is 13.3 Å². The second kappa shape index (κ2) is 8.43. The fourth-order valence-electron chi connectivity index (χ4n) is 3.12. The molecule has 11 nitrogen and oxygen atoms in total. The van der Waals surface area contributed by atoms with Crippen LogP contribution in [0.1, 0.15) is 32.9 Å². The van der Waals surface area contributed by atoms with Crippen LogP contribution in [0.4, 0.5) is 21.0 Å². The summed E-state index contributed by atoms with van der Waals surface area (Å²) in [6, 6.07) is 0. The summed E-state index contributed by atoms with van der Waals surface area (Å²) >= 11 is 0. The summed E-state index contributed by atoms with van der Waals surface area (Å²) in [4.78, 5) is 24.5. The van der Waals surface area contributed by atoms with Gasteiger partial charge in [-0.2, -0.15) is 9.97 Å². The van der Waals surface area contributed by atoms with Crippen LogP contribution in [0.25, 0.3) is 11.2 Å². The molecule has 2 aromatic heterocycles. The SMILES string of the molecule is CCCCOC(=O)Nc1nc(NC)c2ncn([C@@H]3O[C@H](CO)[C@@H](O)[C@@]3(C)F)c2n1. The molecule has 1 saturated heterocycles. The first-order valence-corrected chi connectivity index (χ1v) is 9.32. The molecular weight excluding hydrogens is 387 g/mol. The number of aliphatic hydroxyl groups is 2. The Labute approximate surface area is 166 Å². The Bertz CT molecular complexity index is 875. The highest BCUT2D eigenvalue weighted by molar-refractivity contribution is 5.88.